The number of carbonyl (C=O) groups excluding carboxylic acids is 1. The average molecular weight is 275 g/mol. The van der Waals surface area contributed by atoms with Gasteiger partial charge in [-0.1, -0.05) is 0 Å². The molecule has 0 unspecified atom stereocenters. The normalized spacial score (nSPS) is 11.1. The van der Waals surface area contributed by atoms with Crippen LogP contribution in [0.1, 0.15) is 17.4 Å². The highest BCUT2D eigenvalue weighted by molar-refractivity contribution is 7.08. The maximum atomic E-state index is 11.8. The van der Waals surface area contributed by atoms with Crippen LogP contribution in [0.3, 0.4) is 0 Å². The number of rotatable bonds is 3. The van der Waals surface area contributed by atoms with Crippen LogP contribution in [-0.2, 0) is 11.8 Å². The Morgan fingerprint density at radius 3 is 2.95 bits per heavy atom. The maximum Gasteiger partial charge on any atom is 0.356 e. The molecule has 0 bridgehead atoms. The van der Waals surface area contributed by atoms with E-state index in [0.29, 0.717) is 12.3 Å². The minimum atomic E-state index is -0.326. The molecule has 3 rings (SSSR count). The Balaban J connectivity index is 2.05. The lowest BCUT2D eigenvalue weighted by Crippen LogP contribution is -2.09. The largest absolute Gasteiger partial charge is 0.461 e. The summed E-state index contributed by atoms with van der Waals surface area (Å²) in [5, 5.41) is 4.07. The summed E-state index contributed by atoms with van der Waals surface area (Å²) in [7, 11) is 1.81. The van der Waals surface area contributed by atoms with Crippen LogP contribution in [0, 0.1) is 0 Å². The van der Waals surface area contributed by atoms with Gasteiger partial charge in [-0.25, -0.2) is 9.78 Å². The molecule has 0 amide bonds. The molecule has 3 aromatic rings. The topological polar surface area (TPSA) is 48.5 Å². The third-order valence-electron chi connectivity index (χ3n) is 2.94. The van der Waals surface area contributed by atoms with Crippen molar-refractivity contribution >= 4 is 23.1 Å². The zero-order valence-corrected chi connectivity index (χ0v) is 11.5. The summed E-state index contributed by atoms with van der Waals surface area (Å²) < 4.78 is 8.60. The molecule has 0 aliphatic heterocycles. The number of ether oxygens (including phenoxy) is 1. The number of fused-ring (bicyclic) bond motifs is 1. The zero-order chi connectivity index (χ0) is 13.4. The first-order chi connectivity index (χ1) is 9.20. The van der Waals surface area contributed by atoms with Crippen molar-refractivity contribution in [1.82, 2.24) is 14.0 Å². The lowest BCUT2D eigenvalue weighted by atomic mass is 10.3. The Labute approximate surface area is 114 Å². The van der Waals surface area contributed by atoms with Gasteiger partial charge in [0.2, 0.25) is 5.78 Å². The lowest BCUT2D eigenvalue weighted by Gasteiger charge is -2.01. The second-order valence-electron chi connectivity index (χ2n) is 4.14. The van der Waals surface area contributed by atoms with Crippen LogP contribution in [-0.4, -0.2) is 26.5 Å². The number of hydrogen-bond donors (Lipinski definition) is 0. The molecule has 0 saturated carbocycles. The molecule has 0 aliphatic carbocycles. The minimum absolute atomic E-state index is 0.326. The molecule has 19 heavy (non-hydrogen) atoms. The van der Waals surface area contributed by atoms with Crippen molar-refractivity contribution in [2.75, 3.05) is 6.61 Å². The fraction of sp³-hybridized carbons (Fsp3) is 0.231. The Morgan fingerprint density at radius 1 is 1.47 bits per heavy atom. The van der Waals surface area contributed by atoms with Crippen molar-refractivity contribution in [3.05, 3.63) is 34.9 Å². The molecule has 0 fully saturated rings. The van der Waals surface area contributed by atoms with Gasteiger partial charge in [-0.2, -0.15) is 11.3 Å². The van der Waals surface area contributed by atoms with E-state index in [0.717, 1.165) is 17.0 Å². The van der Waals surface area contributed by atoms with Gasteiger partial charge in [-0.3, -0.25) is 4.40 Å². The van der Waals surface area contributed by atoms with Crippen molar-refractivity contribution in [1.29, 1.82) is 0 Å². The third-order valence-corrected chi connectivity index (χ3v) is 3.62. The van der Waals surface area contributed by atoms with Crippen molar-refractivity contribution in [3.8, 4) is 11.3 Å². The first-order valence-electron chi connectivity index (χ1n) is 5.95. The van der Waals surface area contributed by atoms with Crippen LogP contribution in [0.5, 0.6) is 0 Å². The Morgan fingerprint density at radius 2 is 2.32 bits per heavy atom. The molecule has 3 aromatic heterocycles. The van der Waals surface area contributed by atoms with Crippen LogP contribution in [0.4, 0.5) is 0 Å². The van der Waals surface area contributed by atoms with E-state index in [1.807, 2.05) is 34.5 Å². The summed E-state index contributed by atoms with van der Waals surface area (Å²) in [6, 6.07) is 2.03. The molecule has 98 valence electrons. The van der Waals surface area contributed by atoms with Crippen molar-refractivity contribution in [2.24, 2.45) is 7.05 Å². The second-order valence-corrected chi connectivity index (χ2v) is 4.92. The van der Waals surface area contributed by atoms with E-state index in [2.05, 4.69) is 4.98 Å². The van der Waals surface area contributed by atoms with Crippen molar-refractivity contribution in [3.63, 3.8) is 0 Å². The van der Waals surface area contributed by atoms with Gasteiger partial charge in [0.1, 0.15) is 5.69 Å². The number of hydrogen-bond acceptors (Lipinski definition) is 4. The van der Waals surface area contributed by atoms with Gasteiger partial charge in [0, 0.05) is 30.4 Å². The molecule has 0 aromatic carbocycles. The van der Waals surface area contributed by atoms with Crippen LogP contribution in [0.15, 0.2) is 29.2 Å². The average Bonchev–Trinajstić information content (AvgIpc) is 3.06. The molecule has 0 aliphatic rings. The first-order valence-corrected chi connectivity index (χ1v) is 6.89. The highest BCUT2D eigenvalue weighted by atomic mass is 32.1. The number of imidazole rings is 2. The number of esters is 1. The number of carbonyl (C=O) groups is 1. The van der Waals surface area contributed by atoms with E-state index in [-0.39, 0.29) is 5.97 Å². The van der Waals surface area contributed by atoms with E-state index in [9.17, 15) is 4.79 Å². The number of aryl methyl sites for hydroxylation is 1. The fourth-order valence-corrected chi connectivity index (χ4v) is 2.65. The molecule has 5 nitrogen and oxygen atoms in total. The fourth-order valence-electron chi connectivity index (χ4n) is 2.00. The quantitative estimate of drug-likeness (QED) is 0.690. The van der Waals surface area contributed by atoms with Gasteiger partial charge in [-0.05, 0) is 18.4 Å². The summed E-state index contributed by atoms with van der Waals surface area (Å²) in [4.78, 5) is 16.3. The Bertz CT molecular complexity index is 725. The predicted octanol–water partition coefficient (Wildman–Crippen LogP) is 2.58. The second kappa shape index (κ2) is 4.55. The Kier molecular flexibility index (Phi) is 2.87. The summed E-state index contributed by atoms with van der Waals surface area (Å²) in [5.41, 5.74) is 2.50. The van der Waals surface area contributed by atoms with Crippen LogP contribution in [0.2, 0.25) is 0 Å². The first kappa shape index (κ1) is 12.0. The predicted molar refractivity (Wildman–Crippen MR) is 73.4 cm³/mol. The van der Waals surface area contributed by atoms with Gasteiger partial charge in [0.05, 0.1) is 12.3 Å². The summed E-state index contributed by atoms with van der Waals surface area (Å²) in [6.45, 7) is 2.16. The van der Waals surface area contributed by atoms with Gasteiger partial charge < -0.3 is 9.30 Å². The minimum Gasteiger partial charge on any atom is -0.461 e. The highest BCUT2D eigenvalue weighted by Crippen LogP contribution is 2.22. The number of thiophene rings is 1. The summed E-state index contributed by atoms with van der Waals surface area (Å²) in [5.74, 6) is 0.400. The number of aromatic nitrogens is 3. The number of nitrogens with zero attached hydrogens (tertiary/aromatic N) is 3. The monoisotopic (exact) mass is 275 g/mol. The van der Waals surface area contributed by atoms with E-state index in [4.69, 9.17) is 4.74 Å². The molecule has 6 heteroatoms. The molecule has 0 radical (unpaired) electrons. The molecular formula is C13H13N3O2S. The van der Waals surface area contributed by atoms with Gasteiger partial charge >= 0.3 is 5.97 Å². The van der Waals surface area contributed by atoms with Gasteiger partial charge in [0.25, 0.3) is 0 Å². The summed E-state index contributed by atoms with van der Waals surface area (Å²) in [6.07, 6.45) is 3.66. The molecular weight excluding hydrogens is 262 g/mol. The van der Waals surface area contributed by atoms with E-state index >= 15 is 0 Å². The Hall–Kier alpha value is -2.08. The zero-order valence-electron chi connectivity index (χ0n) is 10.7. The standard InChI is InChI=1S/C13H13N3O2S/c1-3-18-12(17)11-7-16-6-10(9-4-5-19-8-9)14-13(16)15(11)2/h4-8H,3H2,1-2H3. The van der Waals surface area contributed by atoms with Gasteiger partial charge in [-0.15, -0.1) is 0 Å². The lowest BCUT2D eigenvalue weighted by molar-refractivity contribution is 0.0515. The van der Waals surface area contributed by atoms with Crippen molar-refractivity contribution in [2.45, 2.75) is 6.92 Å². The van der Waals surface area contributed by atoms with Crippen LogP contribution >= 0.6 is 11.3 Å². The molecule has 3 heterocycles. The SMILES string of the molecule is CCOC(=O)c1cn2cc(-c3ccsc3)nc2n1C. The van der Waals surface area contributed by atoms with E-state index in [1.54, 1.807) is 29.0 Å². The van der Waals surface area contributed by atoms with E-state index < -0.39 is 0 Å². The van der Waals surface area contributed by atoms with Crippen LogP contribution < -0.4 is 0 Å². The van der Waals surface area contributed by atoms with Crippen molar-refractivity contribution < 1.29 is 9.53 Å². The molecule has 0 N–H and O–H groups in total. The molecule has 0 atom stereocenters. The molecule has 0 saturated heterocycles. The summed E-state index contributed by atoms with van der Waals surface area (Å²) >= 11 is 1.64. The highest BCUT2D eigenvalue weighted by Gasteiger charge is 2.16. The van der Waals surface area contributed by atoms with Gasteiger partial charge in [0.15, 0.2) is 0 Å². The van der Waals surface area contributed by atoms with Crippen LogP contribution in [0.25, 0.3) is 17.0 Å². The van der Waals surface area contributed by atoms with E-state index in [1.165, 1.54) is 0 Å². The third kappa shape index (κ3) is 1.94. The maximum absolute atomic E-state index is 11.8. The molecule has 0 spiro atoms. The smallest absolute Gasteiger partial charge is 0.356 e.